The third-order valence-corrected chi connectivity index (χ3v) is 5.09. The molecule has 2 bridgehead atoms. The number of ether oxygens (including phenoxy) is 1. The van der Waals surface area contributed by atoms with E-state index in [4.69, 9.17) is 4.74 Å². The van der Waals surface area contributed by atoms with E-state index >= 15 is 0 Å². The molecule has 28 heavy (non-hydrogen) atoms. The third kappa shape index (κ3) is 3.75. The van der Waals surface area contributed by atoms with Crippen LogP contribution in [0.5, 0.6) is 5.75 Å². The lowest BCUT2D eigenvalue weighted by atomic mass is 10.1. The van der Waals surface area contributed by atoms with Crippen molar-refractivity contribution in [2.75, 3.05) is 11.9 Å². The summed E-state index contributed by atoms with van der Waals surface area (Å²) in [6.45, 7) is 3.12. The molecule has 1 aromatic carbocycles. The van der Waals surface area contributed by atoms with E-state index in [-0.39, 0.29) is 21.7 Å². The van der Waals surface area contributed by atoms with Crippen molar-refractivity contribution in [2.45, 2.75) is 19.9 Å². The van der Waals surface area contributed by atoms with Crippen molar-refractivity contribution in [3.8, 4) is 17.3 Å². The summed E-state index contributed by atoms with van der Waals surface area (Å²) < 4.78 is 21.9. The zero-order valence-electron chi connectivity index (χ0n) is 15.0. The van der Waals surface area contributed by atoms with Crippen molar-refractivity contribution in [1.82, 2.24) is 19.7 Å². The van der Waals surface area contributed by atoms with Crippen LogP contribution in [0.3, 0.4) is 0 Å². The second-order valence-corrected chi connectivity index (χ2v) is 7.53. The second-order valence-electron chi connectivity index (χ2n) is 6.67. The molecule has 0 saturated carbocycles. The number of hydrogen-bond donors (Lipinski definition) is 1. The second kappa shape index (κ2) is 7.67. The number of amides is 1. The minimum absolute atomic E-state index is 0.189. The molecule has 0 aliphatic carbocycles. The van der Waals surface area contributed by atoms with E-state index in [0.717, 1.165) is 0 Å². The third-order valence-electron chi connectivity index (χ3n) is 4.48. The monoisotopic (exact) mass is 445 g/mol. The van der Waals surface area contributed by atoms with Crippen LogP contribution < -0.4 is 10.1 Å². The fourth-order valence-electron chi connectivity index (χ4n) is 3.02. The highest BCUT2D eigenvalue weighted by molar-refractivity contribution is 9.10. The molecule has 0 fully saturated rings. The molecule has 3 heterocycles. The molecule has 0 spiro atoms. The van der Waals surface area contributed by atoms with E-state index in [1.54, 1.807) is 18.5 Å². The summed E-state index contributed by atoms with van der Waals surface area (Å²) in [5.74, 6) is 0.503. The van der Waals surface area contributed by atoms with Gasteiger partial charge < -0.3 is 14.6 Å². The molecule has 7 nitrogen and oxygen atoms in total. The number of halogens is 2. The molecule has 1 unspecified atom stereocenters. The molecular formula is C19H17BrFN5O2. The first-order valence-electron chi connectivity index (χ1n) is 8.79. The average molecular weight is 446 g/mol. The van der Waals surface area contributed by atoms with Gasteiger partial charge in [0.25, 0.3) is 5.91 Å². The van der Waals surface area contributed by atoms with Gasteiger partial charge in [0.1, 0.15) is 29.4 Å². The lowest BCUT2D eigenvalue weighted by molar-refractivity contribution is 0.102. The molecule has 1 aliphatic heterocycles. The van der Waals surface area contributed by atoms with E-state index in [0.29, 0.717) is 36.9 Å². The zero-order valence-corrected chi connectivity index (χ0v) is 16.6. The number of nitrogens with one attached hydrogen (secondary N) is 1. The predicted octanol–water partition coefficient (Wildman–Crippen LogP) is 3.91. The van der Waals surface area contributed by atoms with Crippen molar-refractivity contribution < 1.29 is 13.9 Å². The van der Waals surface area contributed by atoms with E-state index in [1.165, 1.54) is 12.1 Å². The number of benzene rings is 1. The van der Waals surface area contributed by atoms with E-state index in [2.05, 4.69) is 43.4 Å². The molecule has 0 radical (unpaired) electrons. The fraction of sp³-hybridized carbons (Fsp3) is 0.263. The number of rotatable bonds is 0. The van der Waals surface area contributed by atoms with Gasteiger partial charge in [0.05, 0.1) is 16.6 Å². The van der Waals surface area contributed by atoms with Crippen LogP contribution in [0, 0.1) is 11.7 Å². The van der Waals surface area contributed by atoms with Gasteiger partial charge in [-0.1, -0.05) is 13.0 Å². The van der Waals surface area contributed by atoms with Crippen molar-refractivity contribution in [3.63, 3.8) is 0 Å². The number of pyridine rings is 1. The Morgan fingerprint density at radius 2 is 2.21 bits per heavy atom. The fourth-order valence-corrected chi connectivity index (χ4v) is 3.37. The van der Waals surface area contributed by atoms with Crippen molar-refractivity contribution in [3.05, 3.63) is 52.5 Å². The first kappa shape index (κ1) is 18.5. The quantitative estimate of drug-likeness (QED) is 0.567. The Labute approximate surface area is 169 Å². The highest BCUT2D eigenvalue weighted by atomic mass is 79.9. The number of carbonyl (C=O) groups is 1. The van der Waals surface area contributed by atoms with Crippen molar-refractivity contribution >= 4 is 27.7 Å². The van der Waals surface area contributed by atoms with Gasteiger partial charge in [-0.15, -0.1) is 10.2 Å². The normalized spacial score (nSPS) is 17.0. The average Bonchev–Trinajstić information content (AvgIpc) is 3.12. The van der Waals surface area contributed by atoms with Crippen LogP contribution in [-0.4, -0.2) is 32.3 Å². The van der Waals surface area contributed by atoms with Crippen LogP contribution in [0.2, 0.25) is 0 Å². The largest absolute Gasteiger partial charge is 0.493 e. The van der Waals surface area contributed by atoms with E-state index in [1.807, 2.05) is 10.6 Å². The Hall–Kier alpha value is -2.81. The standard InChI is InChI=1S/C19H17BrFN5O2/c1-11-5-6-28-16-8-14(21)13(20)7-12(16)19(27)24-17-4-2-3-15(23-17)18-25-22-10-26(18)9-11/h2-4,7-8,10-11H,5-6,9H2,1H3,(H,23,24,27). The van der Waals surface area contributed by atoms with Crippen LogP contribution >= 0.6 is 15.9 Å². The number of nitrogens with zero attached hydrogens (tertiary/aromatic N) is 4. The number of anilines is 1. The van der Waals surface area contributed by atoms with Crippen LogP contribution in [0.25, 0.3) is 11.5 Å². The Balaban J connectivity index is 1.78. The molecule has 1 N–H and O–H groups in total. The van der Waals surface area contributed by atoms with Gasteiger partial charge in [0.2, 0.25) is 0 Å². The predicted molar refractivity (Wildman–Crippen MR) is 105 cm³/mol. The molecule has 4 rings (SSSR count). The molecule has 1 atom stereocenters. The molecule has 1 aliphatic rings. The Morgan fingerprint density at radius 1 is 1.36 bits per heavy atom. The number of aromatic nitrogens is 4. The van der Waals surface area contributed by atoms with Gasteiger partial charge in [-0.25, -0.2) is 9.37 Å². The van der Waals surface area contributed by atoms with E-state index in [9.17, 15) is 9.18 Å². The zero-order chi connectivity index (χ0) is 19.7. The minimum Gasteiger partial charge on any atom is -0.493 e. The highest BCUT2D eigenvalue weighted by Crippen LogP contribution is 2.28. The first-order chi connectivity index (χ1) is 13.5. The van der Waals surface area contributed by atoms with Crippen LogP contribution in [0.15, 0.2) is 41.1 Å². The van der Waals surface area contributed by atoms with Gasteiger partial charge in [0.15, 0.2) is 5.82 Å². The molecular weight excluding hydrogens is 429 g/mol. The van der Waals surface area contributed by atoms with Crippen LogP contribution in [0.1, 0.15) is 23.7 Å². The number of carbonyl (C=O) groups excluding carboxylic acids is 1. The smallest absolute Gasteiger partial charge is 0.260 e. The number of hydrogen-bond acceptors (Lipinski definition) is 5. The van der Waals surface area contributed by atoms with Crippen molar-refractivity contribution in [2.24, 2.45) is 5.92 Å². The lowest BCUT2D eigenvalue weighted by Gasteiger charge is -2.17. The summed E-state index contributed by atoms with van der Waals surface area (Å²) >= 11 is 3.13. The van der Waals surface area contributed by atoms with Gasteiger partial charge in [0, 0.05) is 12.6 Å². The summed E-state index contributed by atoms with van der Waals surface area (Å²) in [5.41, 5.74) is 0.838. The summed E-state index contributed by atoms with van der Waals surface area (Å²) in [6.07, 6.45) is 2.37. The summed E-state index contributed by atoms with van der Waals surface area (Å²) in [5, 5.41) is 10.9. The summed E-state index contributed by atoms with van der Waals surface area (Å²) in [6, 6.07) is 7.91. The highest BCUT2D eigenvalue weighted by Gasteiger charge is 2.19. The maximum absolute atomic E-state index is 14.0. The topological polar surface area (TPSA) is 81.9 Å². The maximum Gasteiger partial charge on any atom is 0.260 e. The Kier molecular flexibility index (Phi) is 5.08. The molecule has 9 heteroatoms. The molecule has 144 valence electrons. The van der Waals surface area contributed by atoms with Gasteiger partial charge in [-0.2, -0.15) is 0 Å². The first-order valence-corrected chi connectivity index (χ1v) is 9.59. The number of fused-ring (bicyclic) bond motifs is 5. The molecule has 0 saturated heterocycles. The van der Waals surface area contributed by atoms with Gasteiger partial charge in [-0.05, 0) is 46.5 Å². The summed E-state index contributed by atoms with van der Waals surface area (Å²) in [7, 11) is 0. The molecule has 3 aromatic rings. The van der Waals surface area contributed by atoms with Gasteiger partial charge in [-0.3, -0.25) is 4.79 Å². The van der Waals surface area contributed by atoms with Crippen molar-refractivity contribution in [1.29, 1.82) is 0 Å². The maximum atomic E-state index is 14.0. The molecule has 1 amide bonds. The Bertz CT molecular complexity index is 1040. The van der Waals surface area contributed by atoms with Crippen LogP contribution in [-0.2, 0) is 6.54 Å². The van der Waals surface area contributed by atoms with E-state index < -0.39 is 11.7 Å². The van der Waals surface area contributed by atoms with Crippen LogP contribution in [0.4, 0.5) is 10.2 Å². The lowest BCUT2D eigenvalue weighted by Crippen LogP contribution is -2.17. The summed E-state index contributed by atoms with van der Waals surface area (Å²) in [4.78, 5) is 17.3. The minimum atomic E-state index is -0.491. The van der Waals surface area contributed by atoms with Gasteiger partial charge >= 0.3 is 0 Å². The SMILES string of the molecule is CC1CCOc2cc(F)c(Br)cc2C(=O)Nc2cccc(n2)-c2nncn2C1. The molecule has 2 aromatic heterocycles. The Morgan fingerprint density at radius 3 is 3.07 bits per heavy atom.